The summed E-state index contributed by atoms with van der Waals surface area (Å²) in [5, 5.41) is 0.266. The molecule has 6 nitrogen and oxygen atoms in total. The van der Waals surface area contributed by atoms with E-state index in [1.54, 1.807) is 18.2 Å². The van der Waals surface area contributed by atoms with E-state index in [2.05, 4.69) is 4.72 Å². The summed E-state index contributed by atoms with van der Waals surface area (Å²) in [6.45, 7) is 0. The van der Waals surface area contributed by atoms with E-state index in [9.17, 15) is 18.0 Å². The first-order valence-electron chi connectivity index (χ1n) is 7.12. The number of imide groups is 1. The van der Waals surface area contributed by atoms with E-state index in [1.165, 1.54) is 30.3 Å². The molecular weight excluding hydrogens is 352 g/mol. The third kappa shape index (κ3) is 3.13. The minimum atomic E-state index is -3.91. The van der Waals surface area contributed by atoms with E-state index < -0.39 is 10.0 Å². The van der Waals surface area contributed by atoms with Gasteiger partial charge < -0.3 is 0 Å². The predicted molar refractivity (Wildman–Crippen MR) is 90.4 cm³/mol. The van der Waals surface area contributed by atoms with Crippen molar-refractivity contribution in [2.45, 2.75) is 17.7 Å². The van der Waals surface area contributed by atoms with Crippen LogP contribution in [0.2, 0.25) is 5.02 Å². The van der Waals surface area contributed by atoms with Gasteiger partial charge in [0.1, 0.15) is 0 Å². The van der Waals surface area contributed by atoms with Crippen molar-refractivity contribution >= 4 is 44.8 Å². The van der Waals surface area contributed by atoms with Crippen molar-refractivity contribution in [3.05, 3.63) is 53.6 Å². The molecule has 0 saturated carbocycles. The van der Waals surface area contributed by atoms with Crippen molar-refractivity contribution in [3.8, 4) is 0 Å². The van der Waals surface area contributed by atoms with Crippen LogP contribution < -0.4 is 9.62 Å². The van der Waals surface area contributed by atoms with Crippen molar-refractivity contribution in [2.24, 2.45) is 0 Å². The average Bonchev–Trinajstić information content (AvgIpc) is 2.88. The molecule has 1 aliphatic rings. The molecule has 1 saturated heterocycles. The first-order valence-corrected chi connectivity index (χ1v) is 8.98. The number of rotatable bonds is 4. The first kappa shape index (κ1) is 16.5. The Morgan fingerprint density at radius 2 is 1.62 bits per heavy atom. The number of anilines is 2. The summed E-state index contributed by atoms with van der Waals surface area (Å²) in [6, 6.07) is 12.1. The van der Waals surface area contributed by atoms with Gasteiger partial charge in [0.15, 0.2) is 0 Å². The van der Waals surface area contributed by atoms with Crippen LogP contribution in [0, 0.1) is 0 Å². The van der Waals surface area contributed by atoms with Gasteiger partial charge >= 0.3 is 0 Å². The smallest absolute Gasteiger partial charge is 0.262 e. The van der Waals surface area contributed by atoms with Gasteiger partial charge in [-0.05, 0) is 30.3 Å². The van der Waals surface area contributed by atoms with Crippen molar-refractivity contribution in [1.29, 1.82) is 0 Å². The van der Waals surface area contributed by atoms with E-state index >= 15 is 0 Å². The SMILES string of the molecule is O=C1CCC(=O)N1c1cccc(S(=O)(=O)Nc2ccccc2Cl)c1. The van der Waals surface area contributed by atoms with Crippen LogP contribution in [0.25, 0.3) is 0 Å². The monoisotopic (exact) mass is 364 g/mol. The number of halogens is 1. The largest absolute Gasteiger partial charge is 0.278 e. The van der Waals surface area contributed by atoms with Crippen LogP contribution in [0.5, 0.6) is 0 Å². The lowest BCUT2D eigenvalue weighted by molar-refractivity contribution is -0.121. The molecule has 0 bridgehead atoms. The van der Waals surface area contributed by atoms with Gasteiger partial charge in [0, 0.05) is 12.8 Å². The standard InChI is InChI=1S/C16H13ClN2O4S/c17-13-6-1-2-7-14(13)18-24(22,23)12-5-3-4-11(10-12)19-15(20)8-9-16(19)21/h1-7,10,18H,8-9H2. The molecule has 0 aliphatic carbocycles. The second-order valence-electron chi connectivity index (χ2n) is 5.21. The van der Waals surface area contributed by atoms with Gasteiger partial charge in [0.25, 0.3) is 10.0 Å². The maximum absolute atomic E-state index is 12.5. The number of para-hydroxylation sites is 1. The molecule has 0 radical (unpaired) electrons. The fourth-order valence-corrected chi connectivity index (χ4v) is 3.76. The molecule has 3 rings (SSSR count). The summed E-state index contributed by atoms with van der Waals surface area (Å²) in [5.41, 5.74) is 0.488. The zero-order chi connectivity index (χ0) is 17.3. The quantitative estimate of drug-likeness (QED) is 0.845. The Bertz CT molecular complexity index is 911. The Morgan fingerprint density at radius 1 is 0.958 bits per heavy atom. The Morgan fingerprint density at radius 3 is 2.29 bits per heavy atom. The van der Waals surface area contributed by atoms with Crippen LogP contribution in [-0.2, 0) is 19.6 Å². The molecule has 0 atom stereocenters. The maximum Gasteiger partial charge on any atom is 0.262 e. The fraction of sp³-hybridized carbons (Fsp3) is 0.125. The summed E-state index contributed by atoms with van der Waals surface area (Å²) in [7, 11) is -3.91. The Hall–Kier alpha value is -2.38. The molecule has 8 heteroatoms. The van der Waals surface area contributed by atoms with Crippen LogP contribution >= 0.6 is 11.6 Å². The lowest BCUT2D eigenvalue weighted by Crippen LogP contribution is -2.28. The summed E-state index contributed by atoms with van der Waals surface area (Å²) < 4.78 is 27.4. The number of hydrogen-bond acceptors (Lipinski definition) is 4. The van der Waals surface area contributed by atoms with E-state index in [1.807, 2.05) is 0 Å². The van der Waals surface area contributed by atoms with Gasteiger partial charge in [-0.2, -0.15) is 0 Å². The van der Waals surface area contributed by atoms with E-state index in [0.717, 1.165) is 4.90 Å². The molecule has 2 aromatic carbocycles. The Balaban J connectivity index is 1.95. The number of carbonyl (C=O) groups excluding carboxylic acids is 2. The molecule has 1 aliphatic heterocycles. The van der Waals surface area contributed by atoms with Gasteiger partial charge in [0.05, 0.1) is 21.3 Å². The van der Waals surface area contributed by atoms with E-state index in [-0.39, 0.29) is 45.9 Å². The molecule has 124 valence electrons. The number of sulfonamides is 1. The lowest BCUT2D eigenvalue weighted by atomic mass is 10.3. The van der Waals surface area contributed by atoms with Crippen molar-refractivity contribution in [2.75, 3.05) is 9.62 Å². The highest BCUT2D eigenvalue weighted by atomic mass is 35.5. The Kier molecular flexibility index (Phi) is 4.29. The fourth-order valence-electron chi connectivity index (χ4n) is 2.40. The van der Waals surface area contributed by atoms with Crippen LogP contribution in [0.3, 0.4) is 0 Å². The van der Waals surface area contributed by atoms with Gasteiger partial charge in [-0.15, -0.1) is 0 Å². The molecule has 2 amide bonds. The molecular formula is C16H13ClN2O4S. The lowest BCUT2D eigenvalue weighted by Gasteiger charge is -2.15. The highest BCUT2D eigenvalue weighted by Crippen LogP contribution is 2.27. The van der Waals surface area contributed by atoms with Crippen molar-refractivity contribution in [1.82, 2.24) is 0 Å². The molecule has 24 heavy (non-hydrogen) atoms. The van der Waals surface area contributed by atoms with Gasteiger partial charge in [0.2, 0.25) is 11.8 Å². The molecule has 1 heterocycles. The normalized spacial score (nSPS) is 15.0. The number of amides is 2. The number of benzene rings is 2. The minimum absolute atomic E-state index is 0.0626. The van der Waals surface area contributed by atoms with Crippen LogP contribution in [0.4, 0.5) is 11.4 Å². The predicted octanol–water partition coefficient (Wildman–Crippen LogP) is 2.79. The van der Waals surface area contributed by atoms with Crippen molar-refractivity contribution in [3.63, 3.8) is 0 Å². The summed E-state index contributed by atoms with van der Waals surface area (Å²) in [4.78, 5) is 24.6. The summed E-state index contributed by atoms with van der Waals surface area (Å²) >= 11 is 5.97. The van der Waals surface area contributed by atoms with E-state index in [0.29, 0.717) is 0 Å². The van der Waals surface area contributed by atoms with Gasteiger partial charge in [-0.25, -0.2) is 8.42 Å². The number of nitrogens with one attached hydrogen (secondary N) is 1. The zero-order valence-electron chi connectivity index (χ0n) is 12.4. The number of carbonyl (C=O) groups is 2. The summed E-state index contributed by atoms with van der Waals surface area (Å²) in [6.07, 6.45) is 0.265. The van der Waals surface area contributed by atoms with Crippen LogP contribution in [0.1, 0.15) is 12.8 Å². The molecule has 0 unspecified atom stereocenters. The molecule has 1 N–H and O–H groups in total. The van der Waals surface area contributed by atoms with Gasteiger partial charge in [-0.3, -0.25) is 19.2 Å². The first-order chi connectivity index (χ1) is 11.4. The molecule has 0 spiro atoms. The highest BCUT2D eigenvalue weighted by molar-refractivity contribution is 7.92. The topological polar surface area (TPSA) is 83.6 Å². The third-order valence-corrected chi connectivity index (χ3v) is 5.25. The minimum Gasteiger partial charge on any atom is -0.278 e. The van der Waals surface area contributed by atoms with Gasteiger partial charge in [-0.1, -0.05) is 29.8 Å². The van der Waals surface area contributed by atoms with Crippen LogP contribution in [0.15, 0.2) is 53.4 Å². The average molecular weight is 365 g/mol. The van der Waals surface area contributed by atoms with Crippen molar-refractivity contribution < 1.29 is 18.0 Å². The molecule has 2 aromatic rings. The second kappa shape index (κ2) is 6.26. The maximum atomic E-state index is 12.5. The van der Waals surface area contributed by atoms with Crippen LogP contribution in [-0.4, -0.2) is 20.2 Å². The highest BCUT2D eigenvalue weighted by Gasteiger charge is 2.31. The number of hydrogen-bond donors (Lipinski definition) is 1. The second-order valence-corrected chi connectivity index (χ2v) is 7.30. The van der Waals surface area contributed by atoms with E-state index in [4.69, 9.17) is 11.6 Å². The number of nitrogens with zero attached hydrogens (tertiary/aromatic N) is 1. The third-order valence-electron chi connectivity index (χ3n) is 3.56. The summed E-state index contributed by atoms with van der Waals surface area (Å²) in [5.74, 6) is -0.678. The zero-order valence-corrected chi connectivity index (χ0v) is 14.0. The molecule has 0 aromatic heterocycles. The Labute approximate surface area is 144 Å². The molecule has 1 fully saturated rings.